The molecule has 0 bridgehead atoms. The first-order valence-electron chi connectivity index (χ1n) is 10.6. The summed E-state index contributed by atoms with van der Waals surface area (Å²) < 4.78 is 8.54. The van der Waals surface area contributed by atoms with E-state index in [4.69, 9.17) is 4.74 Å². The van der Waals surface area contributed by atoms with Crippen molar-refractivity contribution >= 4 is 22.8 Å². The van der Waals surface area contributed by atoms with Gasteiger partial charge in [0.15, 0.2) is 12.3 Å². The van der Waals surface area contributed by atoms with Crippen LogP contribution in [0.5, 0.6) is 5.75 Å². The summed E-state index contributed by atoms with van der Waals surface area (Å²) in [5.41, 5.74) is 2.44. The second-order valence-corrected chi connectivity index (χ2v) is 7.75. The van der Waals surface area contributed by atoms with Crippen molar-refractivity contribution in [2.24, 2.45) is 0 Å². The number of aromatic nitrogens is 6. The molecule has 2 N–H and O–H groups in total. The highest BCUT2D eigenvalue weighted by Gasteiger charge is 2.17. The molecule has 3 heterocycles. The molecule has 10 nitrogen and oxygen atoms in total. The van der Waals surface area contributed by atoms with Gasteiger partial charge in [-0.15, -0.1) is 0 Å². The number of nitrogens with one attached hydrogen (secondary N) is 2. The molecule has 0 unspecified atom stereocenters. The quantitative estimate of drug-likeness (QED) is 0.406. The van der Waals surface area contributed by atoms with Crippen molar-refractivity contribution < 1.29 is 9.53 Å². The number of hydrogen-bond acceptors (Lipinski definition) is 6. The summed E-state index contributed by atoms with van der Waals surface area (Å²) in [6.07, 6.45) is 1.47. The number of para-hydroxylation sites is 1. The lowest BCUT2D eigenvalue weighted by Crippen LogP contribution is -2.23. The molecular weight excluding hydrogens is 434 g/mol. The van der Waals surface area contributed by atoms with Crippen LogP contribution in [0, 0.1) is 13.8 Å². The smallest absolute Gasteiger partial charge is 0.263 e. The Kier molecular flexibility index (Phi) is 5.38. The monoisotopic (exact) mass is 455 g/mol. The molecule has 34 heavy (non-hydrogen) atoms. The molecule has 0 saturated carbocycles. The number of nitrogens with zero attached hydrogens (tertiary/aromatic N) is 5. The van der Waals surface area contributed by atoms with E-state index in [0.717, 1.165) is 11.3 Å². The first kappa shape index (κ1) is 21.1. The van der Waals surface area contributed by atoms with Gasteiger partial charge >= 0.3 is 0 Å². The van der Waals surface area contributed by atoms with E-state index in [-0.39, 0.29) is 24.0 Å². The zero-order chi connectivity index (χ0) is 23.7. The molecule has 2 aromatic carbocycles. The van der Waals surface area contributed by atoms with Crippen LogP contribution in [0.4, 0.5) is 5.82 Å². The van der Waals surface area contributed by atoms with Crippen molar-refractivity contribution in [1.82, 2.24) is 29.5 Å². The summed E-state index contributed by atoms with van der Waals surface area (Å²) in [5, 5.41) is 11.8. The third kappa shape index (κ3) is 4.16. The SMILES string of the molecule is Cc1cccc(OCC(=O)Nc2cc(C)nn2-c2nc3c(cnn3-c3ccccc3)c(=O)[nH]2)c1. The first-order valence-corrected chi connectivity index (χ1v) is 10.6. The van der Waals surface area contributed by atoms with Crippen LogP contribution in [0.3, 0.4) is 0 Å². The van der Waals surface area contributed by atoms with Crippen LogP contribution in [0.25, 0.3) is 22.7 Å². The topological polar surface area (TPSA) is 120 Å². The number of amides is 1. The maximum absolute atomic E-state index is 12.7. The zero-order valence-corrected chi connectivity index (χ0v) is 18.5. The summed E-state index contributed by atoms with van der Waals surface area (Å²) in [7, 11) is 0. The number of anilines is 1. The molecule has 3 aromatic heterocycles. The van der Waals surface area contributed by atoms with E-state index in [9.17, 15) is 9.59 Å². The number of hydrogen-bond donors (Lipinski definition) is 2. The second-order valence-electron chi connectivity index (χ2n) is 7.75. The minimum Gasteiger partial charge on any atom is -0.484 e. The minimum atomic E-state index is -0.375. The van der Waals surface area contributed by atoms with Crippen LogP contribution in [0.15, 0.2) is 71.7 Å². The van der Waals surface area contributed by atoms with E-state index >= 15 is 0 Å². The van der Waals surface area contributed by atoms with E-state index in [1.165, 1.54) is 10.9 Å². The van der Waals surface area contributed by atoms with Gasteiger partial charge in [-0.1, -0.05) is 30.3 Å². The Morgan fingerprint density at radius 1 is 1.06 bits per heavy atom. The van der Waals surface area contributed by atoms with Gasteiger partial charge in [0, 0.05) is 6.07 Å². The van der Waals surface area contributed by atoms with Crippen molar-refractivity contribution in [3.05, 3.63) is 88.5 Å². The van der Waals surface area contributed by atoms with Crippen molar-refractivity contribution in [3.63, 3.8) is 0 Å². The molecule has 170 valence electrons. The standard InChI is InChI=1S/C24H21N7O3/c1-15-7-6-10-18(11-15)34-14-21(32)26-20-12-16(2)29-31(20)24-27-22-19(23(33)28-24)13-25-30(22)17-8-4-3-5-9-17/h3-13H,14H2,1-2H3,(H,26,32)(H,27,28,33). The highest BCUT2D eigenvalue weighted by atomic mass is 16.5. The molecule has 0 aliphatic heterocycles. The molecule has 0 aliphatic rings. The Morgan fingerprint density at radius 3 is 2.68 bits per heavy atom. The van der Waals surface area contributed by atoms with Crippen LogP contribution in [-0.2, 0) is 4.79 Å². The first-order chi connectivity index (χ1) is 16.5. The van der Waals surface area contributed by atoms with Gasteiger partial charge in [0.2, 0.25) is 5.95 Å². The predicted octanol–water partition coefficient (Wildman–Crippen LogP) is 2.93. The van der Waals surface area contributed by atoms with Crippen LogP contribution >= 0.6 is 0 Å². The summed E-state index contributed by atoms with van der Waals surface area (Å²) >= 11 is 0. The average molecular weight is 455 g/mol. The molecule has 5 aromatic rings. The fourth-order valence-corrected chi connectivity index (χ4v) is 3.55. The summed E-state index contributed by atoms with van der Waals surface area (Å²) in [4.78, 5) is 32.6. The number of H-pyrrole nitrogens is 1. The Bertz CT molecular complexity index is 1550. The Hall–Kier alpha value is -4.73. The minimum absolute atomic E-state index is 0.151. The zero-order valence-electron chi connectivity index (χ0n) is 18.5. The van der Waals surface area contributed by atoms with Crippen molar-refractivity contribution in [2.75, 3.05) is 11.9 Å². The molecule has 0 aliphatic carbocycles. The average Bonchev–Trinajstić information content (AvgIpc) is 3.42. The largest absolute Gasteiger partial charge is 0.484 e. The maximum Gasteiger partial charge on any atom is 0.263 e. The highest BCUT2D eigenvalue weighted by molar-refractivity contribution is 5.91. The number of benzene rings is 2. The van der Waals surface area contributed by atoms with E-state index in [1.54, 1.807) is 23.7 Å². The van der Waals surface area contributed by atoms with Crippen LogP contribution in [0.1, 0.15) is 11.3 Å². The molecular formula is C24H21N7O3. The van der Waals surface area contributed by atoms with E-state index in [2.05, 4.69) is 25.5 Å². The van der Waals surface area contributed by atoms with Gasteiger partial charge < -0.3 is 10.1 Å². The fourth-order valence-electron chi connectivity index (χ4n) is 3.55. The third-order valence-electron chi connectivity index (χ3n) is 5.09. The van der Waals surface area contributed by atoms with Crippen molar-refractivity contribution in [2.45, 2.75) is 13.8 Å². The number of fused-ring (bicyclic) bond motifs is 1. The van der Waals surface area contributed by atoms with Crippen LogP contribution < -0.4 is 15.6 Å². The van der Waals surface area contributed by atoms with Gasteiger partial charge in [0.05, 0.1) is 17.6 Å². The van der Waals surface area contributed by atoms with Crippen LogP contribution in [-0.4, -0.2) is 42.0 Å². The number of carbonyl (C=O) groups excluding carboxylic acids is 1. The van der Waals surface area contributed by atoms with E-state index in [1.807, 2.05) is 55.5 Å². The lowest BCUT2D eigenvalue weighted by atomic mass is 10.2. The Morgan fingerprint density at radius 2 is 1.88 bits per heavy atom. The molecule has 0 fully saturated rings. The summed E-state index contributed by atoms with van der Waals surface area (Å²) in [6.45, 7) is 3.54. The molecule has 0 radical (unpaired) electrons. The molecule has 0 spiro atoms. The lowest BCUT2D eigenvalue weighted by molar-refractivity contribution is -0.118. The number of aryl methyl sites for hydroxylation is 2. The molecule has 0 atom stereocenters. The number of rotatable bonds is 6. The van der Waals surface area contributed by atoms with E-state index in [0.29, 0.717) is 28.3 Å². The van der Waals surface area contributed by atoms with Gasteiger partial charge in [-0.05, 0) is 43.7 Å². The lowest BCUT2D eigenvalue weighted by Gasteiger charge is -2.10. The van der Waals surface area contributed by atoms with Gasteiger partial charge in [-0.25, -0.2) is 4.68 Å². The number of aromatic amines is 1. The van der Waals surface area contributed by atoms with Gasteiger partial charge in [-0.2, -0.15) is 19.9 Å². The highest BCUT2D eigenvalue weighted by Crippen LogP contribution is 2.18. The van der Waals surface area contributed by atoms with Gasteiger partial charge in [0.1, 0.15) is 17.0 Å². The summed E-state index contributed by atoms with van der Waals surface area (Å²) in [5.74, 6) is 0.729. The van der Waals surface area contributed by atoms with Crippen LogP contribution in [0.2, 0.25) is 0 Å². The molecule has 5 rings (SSSR count). The molecule has 0 saturated heterocycles. The molecule has 1 amide bonds. The van der Waals surface area contributed by atoms with Crippen molar-refractivity contribution in [1.29, 1.82) is 0 Å². The Balaban J connectivity index is 1.45. The van der Waals surface area contributed by atoms with Gasteiger partial charge in [-0.3, -0.25) is 14.6 Å². The third-order valence-corrected chi connectivity index (χ3v) is 5.09. The normalized spacial score (nSPS) is 11.0. The molecule has 10 heteroatoms. The van der Waals surface area contributed by atoms with Crippen molar-refractivity contribution in [3.8, 4) is 17.4 Å². The number of carbonyl (C=O) groups is 1. The fraction of sp³-hybridized carbons (Fsp3) is 0.125. The van der Waals surface area contributed by atoms with Gasteiger partial charge in [0.25, 0.3) is 11.5 Å². The Labute approximate surface area is 193 Å². The predicted molar refractivity (Wildman–Crippen MR) is 127 cm³/mol. The maximum atomic E-state index is 12.7. The number of ether oxygens (including phenoxy) is 1. The summed E-state index contributed by atoms with van der Waals surface area (Å²) in [6, 6.07) is 18.5. The second kappa shape index (κ2) is 8.66. The van der Waals surface area contributed by atoms with E-state index < -0.39 is 0 Å².